The second-order valence-corrected chi connectivity index (χ2v) is 12.1. The molecule has 2 rings (SSSR count). The zero-order chi connectivity index (χ0) is 30.1. The van der Waals surface area contributed by atoms with E-state index in [1.54, 1.807) is 25.9 Å². The Morgan fingerprint density at radius 1 is 1.07 bits per heavy atom. The standard InChI is InChI=1S/C28H55N3O9/c1-16-13-19(10-12-32)26(40-28-25(37)23(30(4)5)24(36)18(3)39-28)27(38-7)20(33)14-22(35)29-17(2)9-8-11-31(6)15-21(16)34/h16-21,23-28,32-34,36-37H,8-15H2,1-7H3,(H,29,35)/t16-,17?,18?,19+,20-,21+,23?,24-,25?,26+,27+,28+/m1/s1. The van der Waals surface area contributed by atoms with Crippen molar-refractivity contribution in [2.24, 2.45) is 11.8 Å². The Morgan fingerprint density at radius 2 is 1.75 bits per heavy atom. The van der Waals surface area contributed by atoms with Crippen molar-refractivity contribution >= 4 is 5.91 Å². The number of carbonyl (C=O) groups is 1. The van der Waals surface area contributed by atoms with Gasteiger partial charge in [0.25, 0.3) is 0 Å². The number of aliphatic hydroxyl groups excluding tert-OH is 5. The van der Waals surface area contributed by atoms with Crippen LogP contribution >= 0.6 is 0 Å². The molecule has 0 bridgehead atoms. The van der Waals surface area contributed by atoms with Crippen molar-refractivity contribution in [1.82, 2.24) is 15.1 Å². The summed E-state index contributed by atoms with van der Waals surface area (Å²) in [7, 11) is 6.86. The molecule has 2 saturated heterocycles. The molecule has 12 nitrogen and oxygen atoms in total. The number of ether oxygens (including phenoxy) is 3. The number of amides is 1. The summed E-state index contributed by atoms with van der Waals surface area (Å²) in [6.07, 6.45) is -5.77. The third kappa shape index (κ3) is 9.82. The lowest BCUT2D eigenvalue weighted by Crippen LogP contribution is -2.63. The number of hydrogen-bond donors (Lipinski definition) is 6. The average molecular weight is 578 g/mol. The molecular formula is C28H55N3O9. The second kappa shape index (κ2) is 16.6. The van der Waals surface area contributed by atoms with Crippen LogP contribution < -0.4 is 5.32 Å². The van der Waals surface area contributed by atoms with Crippen LogP contribution in [0.3, 0.4) is 0 Å². The van der Waals surface area contributed by atoms with Crippen molar-refractivity contribution in [2.45, 2.75) is 114 Å². The highest BCUT2D eigenvalue weighted by molar-refractivity contribution is 5.76. The van der Waals surface area contributed by atoms with E-state index in [0.717, 1.165) is 19.4 Å². The predicted octanol–water partition coefficient (Wildman–Crippen LogP) is -0.850. The van der Waals surface area contributed by atoms with Crippen LogP contribution in [0.4, 0.5) is 0 Å². The number of rotatable bonds is 6. The number of nitrogens with zero attached hydrogens (tertiary/aromatic N) is 2. The zero-order valence-electron chi connectivity index (χ0n) is 25.3. The summed E-state index contributed by atoms with van der Waals surface area (Å²) < 4.78 is 18.1. The molecule has 12 atom stereocenters. The second-order valence-electron chi connectivity index (χ2n) is 12.1. The van der Waals surface area contributed by atoms with E-state index in [-0.39, 0.29) is 37.3 Å². The van der Waals surface area contributed by atoms with Gasteiger partial charge in [0.1, 0.15) is 12.2 Å². The maximum absolute atomic E-state index is 12.8. The number of aliphatic hydroxyl groups is 5. The van der Waals surface area contributed by atoms with E-state index in [1.807, 2.05) is 20.9 Å². The van der Waals surface area contributed by atoms with E-state index in [1.165, 1.54) is 7.11 Å². The first-order valence-electron chi connectivity index (χ1n) is 14.6. The molecule has 0 radical (unpaired) electrons. The minimum atomic E-state index is -1.25. The van der Waals surface area contributed by atoms with Crippen molar-refractivity contribution in [1.29, 1.82) is 0 Å². The lowest BCUT2D eigenvalue weighted by atomic mass is 9.82. The molecule has 2 fully saturated rings. The number of methoxy groups -OCH3 is 1. The van der Waals surface area contributed by atoms with E-state index >= 15 is 0 Å². The molecule has 0 aliphatic carbocycles. The Morgan fingerprint density at radius 3 is 2.35 bits per heavy atom. The van der Waals surface area contributed by atoms with Crippen LogP contribution in [0.1, 0.15) is 52.9 Å². The maximum atomic E-state index is 12.8. The molecule has 40 heavy (non-hydrogen) atoms. The van der Waals surface area contributed by atoms with Crippen molar-refractivity contribution < 1.29 is 44.5 Å². The van der Waals surface area contributed by atoms with E-state index in [4.69, 9.17) is 14.2 Å². The molecule has 0 aromatic carbocycles. The SMILES string of the molecule is CO[C@@H]1[C@@H](O[C@@H]2OC(C)[C@@H](O)C(N(C)C)C2O)[C@@H](CCO)C[C@@H](C)[C@@H](O)CN(C)CCCC(C)NC(=O)C[C@H]1O. The molecule has 0 saturated carbocycles. The van der Waals surface area contributed by atoms with E-state index in [2.05, 4.69) is 10.2 Å². The first-order chi connectivity index (χ1) is 18.8. The summed E-state index contributed by atoms with van der Waals surface area (Å²) in [6, 6.07) is -0.771. The van der Waals surface area contributed by atoms with Gasteiger partial charge in [-0.15, -0.1) is 0 Å². The molecule has 0 spiro atoms. The fourth-order valence-corrected chi connectivity index (χ4v) is 6.05. The van der Waals surface area contributed by atoms with Gasteiger partial charge in [0.15, 0.2) is 6.29 Å². The van der Waals surface area contributed by atoms with E-state index < -0.39 is 61.0 Å². The number of hydrogen-bond acceptors (Lipinski definition) is 11. The van der Waals surface area contributed by atoms with Crippen LogP contribution in [0.5, 0.6) is 0 Å². The summed E-state index contributed by atoms with van der Waals surface area (Å²) in [4.78, 5) is 16.6. The molecule has 236 valence electrons. The molecule has 2 aliphatic rings. The van der Waals surface area contributed by atoms with Gasteiger partial charge in [-0.3, -0.25) is 4.79 Å². The van der Waals surface area contributed by atoms with Crippen LogP contribution in [0.2, 0.25) is 0 Å². The predicted molar refractivity (Wildman–Crippen MR) is 149 cm³/mol. The van der Waals surface area contributed by atoms with Gasteiger partial charge < -0.3 is 54.9 Å². The van der Waals surface area contributed by atoms with Gasteiger partial charge in [-0.05, 0) is 79.1 Å². The first-order valence-corrected chi connectivity index (χ1v) is 14.6. The lowest BCUT2D eigenvalue weighted by Gasteiger charge is -2.47. The maximum Gasteiger partial charge on any atom is 0.222 e. The fraction of sp³-hybridized carbons (Fsp3) is 0.964. The van der Waals surface area contributed by atoms with Crippen molar-refractivity contribution in [2.75, 3.05) is 47.9 Å². The largest absolute Gasteiger partial charge is 0.396 e. The molecule has 4 unspecified atom stereocenters. The van der Waals surface area contributed by atoms with Crippen molar-refractivity contribution in [3.8, 4) is 0 Å². The minimum Gasteiger partial charge on any atom is -0.396 e. The summed E-state index contributed by atoms with van der Waals surface area (Å²) >= 11 is 0. The molecule has 12 heteroatoms. The first kappa shape index (κ1) is 35.3. The normalized spacial score (nSPS) is 42.1. The Labute approximate surface area is 239 Å². The molecule has 2 heterocycles. The summed E-state index contributed by atoms with van der Waals surface area (Å²) in [6.45, 7) is 6.58. The quantitative estimate of drug-likeness (QED) is 0.233. The lowest BCUT2D eigenvalue weighted by molar-refractivity contribution is -0.310. The molecule has 1 amide bonds. The molecule has 0 aromatic rings. The van der Waals surface area contributed by atoms with Gasteiger partial charge in [-0.25, -0.2) is 0 Å². The van der Waals surface area contributed by atoms with Gasteiger partial charge >= 0.3 is 0 Å². The van der Waals surface area contributed by atoms with E-state index in [9.17, 15) is 30.3 Å². The molecule has 2 aliphatic heterocycles. The van der Waals surface area contributed by atoms with Gasteiger partial charge in [-0.1, -0.05) is 6.92 Å². The molecule has 0 aromatic heterocycles. The van der Waals surface area contributed by atoms with Crippen LogP contribution in [0.25, 0.3) is 0 Å². The third-order valence-electron chi connectivity index (χ3n) is 8.44. The fourth-order valence-electron chi connectivity index (χ4n) is 6.05. The molecular weight excluding hydrogens is 522 g/mol. The smallest absolute Gasteiger partial charge is 0.222 e. The van der Waals surface area contributed by atoms with Gasteiger partial charge in [-0.2, -0.15) is 0 Å². The number of nitrogens with one attached hydrogen (secondary N) is 1. The van der Waals surface area contributed by atoms with Crippen LogP contribution in [-0.4, -0.2) is 150 Å². The van der Waals surface area contributed by atoms with Crippen LogP contribution in [-0.2, 0) is 19.0 Å². The zero-order valence-corrected chi connectivity index (χ0v) is 25.3. The average Bonchev–Trinajstić information content (AvgIpc) is 2.85. The van der Waals surface area contributed by atoms with E-state index in [0.29, 0.717) is 13.0 Å². The highest BCUT2D eigenvalue weighted by atomic mass is 16.7. The number of likely N-dealkylation sites (N-methyl/N-ethyl adjacent to an activating group) is 2. The highest BCUT2D eigenvalue weighted by Crippen LogP contribution is 2.33. The summed E-state index contributed by atoms with van der Waals surface area (Å²) in [5.74, 6) is -0.935. The van der Waals surface area contributed by atoms with Gasteiger partial charge in [0.2, 0.25) is 5.91 Å². The van der Waals surface area contributed by atoms with Gasteiger partial charge in [0.05, 0.1) is 43.0 Å². The van der Waals surface area contributed by atoms with Crippen LogP contribution in [0.15, 0.2) is 0 Å². The minimum absolute atomic E-state index is 0.0956. The third-order valence-corrected chi connectivity index (χ3v) is 8.44. The summed E-state index contributed by atoms with van der Waals surface area (Å²) in [5.41, 5.74) is 0. The topological polar surface area (TPSA) is 164 Å². The summed E-state index contributed by atoms with van der Waals surface area (Å²) in [5, 5.41) is 57.0. The molecule has 6 N–H and O–H groups in total. The monoisotopic (exact) mass is 577 g/mol. The number of carbonyl (C=O) groups excluding carboxylic acids is 1. The Kier molecular flexibility index (Phi) is 14.7. The highest BCUT2D eigenvalue weighted by Gasteiger charge is 2.47. The Hall–Kier alpha value is -0.930. The van der Waals surface area contributed by atoms with Crippen LogP contribution in [0, 0.1) is 11.8 Å². The Balaban J connectivity index is 2.45. The number of β-amino-alcohol motifs (C(OH)–C–C–N with tert-alkyl or cyclic N) is 1. The Bertz CT molecular complexity index is 748. The van der Waals surface area contributed by atoms with Crippen molar-refractivity contribution in [3.05, 3.63) is 0 Å². The van der Waals surface area contributed by atoms with Gasteiger partial charge in [0, 0.05) is 26.3 Å². The van der Waals surface area contributed by atoms with Crippen molar-refractivity contribution in [3.63, 3.8) is 0 Å².